The number of aromatic nitrogens is 3. The summed E-state index contributed by atoms with van der Waals surface area (Å²) >= 11 is 1.72. The number of hydrogen-bond donors (Lipinski definition) is 2. The maximum atomic E-state index is 5.83. The first kappa shape index (κ1) is 10.9. The zero-order valence-electron chi connectivity index (χ0n) is 9.50. The van der Waals surface area contributed by atoms with Gasteiger partial charge < -0.3 is 11.5 Å². The van der Waals surface area contributed by atoms with Gasteiger partial charge in [-0.25, -0.2) is 4.98 Å². The Balaban J connectivity index is 2.05. The smallest absolute Gasteiger partial charge is 0.224 e. The second-order valence-electron chi connectivity index (χ2n) is 3.94. The van der Waals surface area contributed by atoms with Crippen LogP contribution in [0.3, 0.4) is 0 Å². The minimum atomic E-state index is 0.151. The lowest BCUT2D eigenvalue weighted by Gasteiger charge is -2.04. The quantitative estimate of drug-likeness (QED) is 0.731. The molecule has 0 radical (unpaired) electrons. The number of thiophene rings is 1. The molecular formula is C12H11N5S. The number of nitrogens with zero attached hydrogens (tertiary/aromatic N) is 3. The largest absolute Gasteiger partial charge is 0.383 e. The highest BCUT2D eigenvalue weighted by Crippen LogP contribution is 2.21. The number of nitrogens with two attached hydrogens (primary N) is 2. The Labute approximate surface area is 108 Å². The molecular weight excluding hydrogens is 246 g/mol. The normalized spacial score (nSPS) is 10.9. The van der Waals surface area contributed by atoms with Crippen LogP contribution in [0.2, 0.25) is 0 Å². The van der Waals surface area contributed by atoms with E-state index in [0.29, 0.717) is 11.5 Å². The molecule has 0 unspecified atom stereocenters. The lowest BCUT2D eigenvalue weighted by atomic mass is 10.1. The number of hydrogen-bond acceptors (Lipinski definition) is 6. The van der Waals surface area contributed by atoms with E-state index in [0.717, 1.165) is 17.4 Å². The van der Waals surface area contributed by atoms with Gasteiger partial charge in [-0.1, -0.05) is 6.07 Å². The van der Waals surface area contributed by atoms with Crippen LogP contribution in [0.4, 0.5) is 11.8 Å². The number of pyridine rings is 1. The average molecular weight is 257 g/mol. The fourth-order valence-electron chi connectivity index (χ4n) is 1.81. The van der Waals surface area contributed by atoms with Crippen LogP contribution < -0.4 is 11.5 Å². The molecule has 0 atom stereocenters. The molecule has 0 aromatic carbocycles. The summed E-state index contributed by atoms with van der Waals surface area (Å²) in [7, 11) is 0. The predicted octanol–water partition coefficient (Wildman–Crippen LogP) is 1.84. The van der Waals surface area contributed by atoms with Crippen LogP contribution in [-0.4, -0.2) is 15.0 Å². The van der Waals surface area contributed by atoms with E-state index in [1.54, 1.807) is 17.5 Å². The molecule has 3 rings (SSSR count). The molecule has 5 nitrogen and oxygen atoms in total. The van der Waals surface area contributed by atoms with E-state index in [1.807, 2.05) is 12.1 Å². The zero-order chi connectivity index (χ0) is 12.5. The van der Waals surface area contributed by atoms with Gasteiger partial charge in [0.1, 0.15) is 5.82 Å². The van der Waals surface area contributed by atoms with Gasteiger partial charge >= 0.3 is 0 Å². The van der Waals surface area contributed by atoms with Crippen molar-refractivity contribution in [2.45, 2.75) is 6.42 Å². The maximum absolute atomic E-state index is 5.83. The molecule has 0 spiro atoms. The Bertz CT molecular complexity index is 693. The zero-order valence-corrected chi connectivity index (χ0v) is 10.3. The first-order valence-electron chi connectivity index (χ1n) is 5.42. The molecule has 90 valence electrons. The van der Waals surface area contributed by atoms with Gasteiger partial charge in [0, 0.05) is 17.5 Å². The van der Waals surface area contributed by atoms with E-state index in [-0.39, 0.29) is 5.95 Å². The minimum Gasteiger partial charge on any atom is -0.383 e. The average Bonchev–Trinajstić information content (AvgIpc) is 2.83. The molecule has 3 heterocycles. The third-order valence-corrected chi connectivity index (χ3v) is 3.49. The van der Waals surface area contributed by atoms with Crippen molar-refractivity contribution in [2.75, 3.05) is 11.5 Å². The van der Waals surface area contributed by atoms with Gasteiger partial charge in [-0.15, -0.1) is 11.3 Å². The number of rotatable bonds is 2. The lowest BCUT2D eigenvalue weighted by Crippen LogP contribution is -2.02. The summed E-state index contributed by atoms with van der Waals surface area (Å²) in [4.78, 5) is 13.6. The van der Waals surface area contributed by atoms with Crippen LogP contribution in [0.15, 0.2) is 29.8 Å². The third kappa shape index (κ3) is 1.98. The predicted molar refractivity (Wildman–Crippen MR) is 73.3 cm³/mol. The van der Waals surface area contributed by atoms with Crippen molar-refractivity contribution in [3.63, 3.8) is 0 Å². The summed E-state index contributed by atoms with van der Waals surface area (Å²) in [5.41, 5.74) is 13.0. The van der Waals surface area contributed by atoms with Gasteiger partial charge in [-0.3, -0.25) is 0 Å². The molecule has 3 aromatic heterocycles. The van der Waals surface area contributed by atoms with Gasteiger partial charge in [0.25, 0.3) is 0 Å². The van der Waals surface area contributed by atoms with Gasteiger partial charge in [-0.2, -0.15) is 9.97 Å². The Morgan fingerprint density at radius 2 is 2.11 bits per heavy atom. The third-order valence-electron chi connectivity index (χ3n) is 2.61. The van der Waals surface area contributed by atoms with E-state index in [1.165, 1.54) is 4.88 Å². The Kier molecular flexibility index (Phi) is 2.56. The van der Waals surface area contributed by atoms with E-state index in [4.69, 9.17) is 11.5 Å². The SMILES string of the molecule is Nc1nc(N)c2cc(Cc3cccs3)cnc2n1. The summed E-state index contributed by atoms with van der Waals surface area (Å²) < 4.78 is 0. The van der Waals surface area contributed by atoms with Crippen LogP contribution in [0.5, 0.6) is 0 Å². The molecule has 0 aliphatic carbocycles. The Morgan fingerprint density at radius 3 is 2.89 bits per heavy atom. The summed E-state index contributed by atoms with van der Waals surface area (Å²) in [6, 6.07) is 6.10. The van der Waals surface area contributed by atoms with E-state index in [2.05, 4.69) is 26.4 Å². The number of fused-ring (bicyclic) bond motifs is 1. The van der Waals surface area contributed by atoms with Gasteiger partial charge in [0.05, 0.1) is 5.39 Å². The molecule has 0 aliphatic heterocycles. The van der Waals surface area contributed by atoms with Crippen molar-refractivity contribution >= 4 is 34.1 Å². The highest BCUT2D eigenvalue weighted by Gasteiger charge is 2.06. The lowest BCUT2D eigenvalue weighted by molar-refractivity contribution is 1.16. The van der Waals surface area contributed by atoms with Gasteiger partial charge in [0.15, 0.2) is 5.65 Å². The van der Waals surface area contributed by atoms with Gasteiger partial charge in [0.2, 0.25) is 5.95 Å². The second-order valence-corrected chi connectivity index (χ2v) is 4.97. The first-order valence-corrected chi connectivity index (χ1v) is 6.30. The van der Waals surface area contributed by atoms with E-state index < -0.39 is 0 Å². The Hall–Kier alpha value is -2.21. The maximum Gasteiger partial charge on any atom is 0.224 e. The van der Waals surface area contributed by atoms with Crippen molar-refractivity contribution in [3.05, 3.63) is 40.2 Å². The van der Waals surface area contributed by atoms with E-state index in [9.17, 15) is 0 Å². The fraction of sp³-hybridized carbons (Fsp3) is 0.0833. The highest BCUT2D eigenvalue weighted by molar-refractivity contribution is 7.09. The topological polar surface area (TPSA) is 90.7 Å². The second kappa shape index (κ2) is 4.23. The molecule has 18 heavy (non-hydrogen) atoms. The Morgan fingerprint density at radius 1 is 1.22 bits per heavy atom. The minimum absolute atomic E-state index is 0.151. The summed E-state index contributed by atoms with van der Waals surface area (Å²) in [5, 5.41) is 2.81. The first-order chi connectivity index (χ1) is 8.72. The molecule has 0 saturated heterocycles. The summed E-state index contributed by atoms with van der Waals surface area (Å²) in [5.74, 6) is 0.525. The van der Waals surface area contributed by atoms with Crippen LogP contribution in [0.1, 0.15) is 10.4 Å². The molecule has 0 bridgehead atoms. The van der Waals surface area contributed by atoms with Crippen molar-refractivity contribution in [1.82, 2.24) is 15.0 Å². The van der Waals surface area contributed by atoms with Crippen molar-refractivity contribution in [3.8, 4) is 0 Å². The monoisotopic (exact) mass is 257 g/mol. The molecule has 4 N–H and O–H groups in total. The molecule has 0 fully saturated rings. The standard InChI is InChI=1S/C12H11N5S/c13-10-9-5-7(4-8-2-1-3-18-8)6-15-11(9)17-12(14)16-10/h1-3,5-6H,4H2,(H4,13,14,15,16,17). The van der Waals surface area contributed by atoms with Crippen molar-refractivity contribution in [2.24, 2.45) is 0 Å². The van der Waals surface area contributed by atoms with Crippen LogP contribution in [0, 0.1) is 0 Å². The molecule has 0 amide bonds. The number of nitrogen functional groups attached to an aromatic ring is 2. The number of anilines is 2. The molecule has 3 aromatic rings. The van der Waals surface area contributed by atoms with Gasteiger partial charge in [-0.05, 0) is 23.1 Å². The van der Waals surface area contributed by atoms with Crippen LogP contribution in [0.25, 0.3) is 11.0 Å². The molecule has 0 saturated carbocycles. The summed E-state index contributed by atoms with van der Waals surface area (Å²) in [6.07, 6.45) is 2.64. The van der Waals surface area contributed by atoms with Crippen LogP contribution in [-0.2, 0) is 6.42 Å². The molecule has 0 aliphatic rings. The highest BCUT2D eigenvalue weighted by atomic mass is 32.1. The van der Waals surface area contributed by atoms with Crippen molar-refractivity contribution < 1.29 is 0 Å². The fourth-order valence-corrected chi connectivity index (χ4v) is 2.55. The van der Waals surface area contributed by atoms with Crippen LogP contribution >= 0.6 is 11.3 Å². The van der Waals surface area contributed by atoms with Crippen molar-refractivity contribution in [1.29, 1.82) is 0 Å². The summed E-state index contributed by atoms with van der Waals surface area (Å²) in [6.45, 7) is 0. The van der Waals surface area contributed by atoms with E-state index >= 15 is 0 Å². The molecule has 6 heteroatoms.